The summed E-state index contributed by atoms with van der Waals surface area (Å²) in [6.07, 6.45) is 2.15. The van der Waals surface area contributed by atoms with Crippen molar-refractivity contribution in [2.24, 2.45) is 5.73 Å². The number of nitrogens with two attached hydrogens (primary N) is 1. The van der Waals surface area contributed by atoms with E-state index in [-0.39, 0.29) is 16.7 Å². The first-order valence-corrected chi connectivity index (χ1v) is 10.3. The number of nitrogens with zero attached hydrogens (tertiary/aromatic N) is 1. The average molecular weight is 404 g/mol. The van der Waals surface area contributed by atoms with Crippen LogP contribution in [0, 0.1) is 0 Å². The van der Waals surface area contributed by atoms with Crippen molar-refractivity contribution in [1.29, 1.82) is 0 Å². The molecular formula is C16H22ClN3O5S. The minimum Gasteiger partial charge on any atom is -0.489 e. The number of carbonyl (C=O) groups is 2. The number of carbonyl (C=O) groups excluding carboxylic acids is 2. The molecule has 144 valence electrons. The molecule has 1 fully saturated rings. The zero-order chi connectivity index (χ0) is 19.5. The molecule has 2 rings (SSSR count). The van der Waals surface area contributed by atoms with Crippen molar-refractivity contribution in [1.82, 2.24) is 9.62 Å². The molecule has 1 aromatic rings. The summed E-state index contributed by atoms with van der Waals surface area (Å²) in [7, 11) is -3.19. The summed E-state index contributed by atoms with van der Waals surface area (Å²) in [5.74, 6) is -0.681. The summed E-state index contributed by atoms with van der Waals surface area (Å²) >= 11 is 6.19. The largest absolute Gasteiger partial charge is 0.489 e. The van der Waals surface area contributed by atoms with Crippen LogP contribution in [0.2, 0.25) is 5.02 Å². The lowest BCUT2D eigenvalue weighted by molar-refractivity contribution is -0.119. The third kappa shape index (κ3) is 5.33. The van der Waals surface area contributed by atoms with Gasteiger partial charge in [0.05, 0.1) is 11.3 Å². The molecule has 0 saturated carbocycles. The smallest absolute Gasteiger partial charge is 0.251 e. The molecule has 1 atom stereocenters. The van der Waals surface area contributed by atoms with Gasteiger partial charge in [0.15, 0.2) is 0 Å². The molecule has 8 nitrogen and oxygen atoms in total. The van der Waals surface area contributed by atoms with Gasteiger partial charge in [-0.15, -0.1) is 0 Å². The number of nitrogens with one attached hydrogen (secondary N) is 1. The van der Waals surface area contributed by atoms with E-state index in [1.807, 2.05) is 0 Å². The number of hydrogen-bond acceptors (Lipinski definition) is 5. The summed E-state index contributed by atoms with van der Waals surface area (Å²) < 4.78 is 30.3. The van der Waals surface area contributed by atoms with E-state index >= 15 is 0 Å². The number of halogens is 1. The van der Waals surface area contributed by atoms with Gasteiger partial charge in [-0.2, -0.15) is 0 Å². The molecule has 1 saturated heterocycles. The van der Waals surface area contributed by atoms with E-state index in [1.165, 1.54) is 29.6 Å². The maximum atomic E-state index is 12.1. The summed E-state index contributed by atoms with van der Waals surface area (Å²) in [4.78, 5) is 23.1. The quantitative estimate of drug-likeness (QED) is 0.726. The van der Waals surface area contributed by atoms with Crippen LogP contribution in [0.5, 0.6) is 5.75 Å². The van der Waals surface area contributed by atoms with Gasteiger partial charge in [-0.05, 0) is 38.0 Å². The Morgan fingerprint density at radius 3 is 2.46 bits per heavy atom. The number of sulfonamides is 1. The Morgan fingerprint density at radius 2 is 1.96 bits per heavy atom. The van der Waals surface area contributed by atoms with Gasteiger partial charge in [0, 0.05) is 18.7 Å². The molecule has 2 amide bonds. The molecule has 0 spiro atoms. The summed E-state index contributed by atoms with van der Waals surface area (Å²) in [6.45, 7) is 2.28. The molecule has 1 heterocycles. The second-order valence-electron chi connectivity index (χ2n) is 6.22. The molecule has 1 aliphatic heterocycles. The third-order valence-electron chi connectivity index (χ3n) is 4.13. The van der Waals surface area contributed by atoms with E-state index < -0.39 is 27.9 Å². The number of rotatable bonds is 6. The Bertz CT molecular complexity index is 791. The van der Waals surface area contributed by atoms with Crippen LogP contribution >= 0.6 is 11.6 Å². The highest BCUT2D eigenvalue weighted by atomic mass is 35.5. The van der Waals surface area contributed by atoms with Crippen molar-refractivity contribution < 1.29 is 22.7 Å². The first-order chi connectivity index (χ1) is 12.1. The van der Waals surface area contributed by atoms with Crippen molar-refractivity contribution in [3.8, 4) is 5.75 Å². The van der Waals surface area contributed by atoms with Crippen molar-refractivity contribution in [2.75, 3.05) is 19.3 Å². The minimum atomic E-state index is -3.19. The van der Waals surface area contributed by atoms with Crippen LogP contribution in [0.1, 0.15) is 30.1 Å². The third-order valence-corrected chi connectivity index (χ3v) is 5.73. The maximum absolute atomic E-state index is 12.1. The number of benzene rings is 1. The second kappa shape index (κ2) is 8.24. The standard InChI is InChI=1S/C16H22ClN3O5S/c1-10(15(18)21)19-16(22)11-3-4-14(13(17)9-11)25-12-5-7-20(8-6-12)26(2,23)24/h3-4,9-10,12H,5-8H2,1-2H3,(H2,18,21)(H,19,22)/t10-/m0/s1. The van der Waals surface area contributed by atoms with Crippen LogP contribution in [0.4, 0.5) is 0 Å². The molecule has 1 aliphatic rings. The molecule has 26 heavy (non-hydrogen) atoms. The number of ether oxygens (including phenoxy) is 1. The minimum absolute atomic E-state index is 0.153. The van der Waals surface area contributed by atoms with E-state index in [4.69, 9.17) is 22.1 Å². The Morgan fingerprint density at radius 1 is 1.35 bits per heavy atom. The number of amides is 2. The van der Waals surface area contributed by atoms with E-state index in [1.54, 1.807) is 6.07 Å². The normalized spacial score (nSPS) is 17.5. The highest BCUT2D eigenvalue weighted by molar-refractivity contribution is 7.88. The fraction of sp³-hybridized carbons (Fsp3) is 0.500. The van der Waals surface area contributed by atoms with E-state index in [0.29, 0.717) is 31.7 Å². The molecule has 0 unspecified atom stereocenters. The summed E-state index contributed by atoms with van der Waals surface area (Å²) in [5, 5.41) is 2.73. The van der Waals surface area contributed by atoms with Gasteiger partial charge in [0.2, 0.25) is 15.9 Å². The van der Waals surface area contributed by atoms with E-state index in [2.05, 4.69) is 5.32 Å². The van der Waals surface area contributed by atoms with Gasteiger partial charge in [0.25, 0.3) is 5.91 Å². The first kappa shape index (κ1) is 20.5. The zero-order valence-electron chi connectivity index (χ0n) is 14.6. The molecule has 10 heteroatoms. The maximum Gasteiger partial charge on any atom is 0.251 e. The Labute approximate surface area is 157 Å². The fourth-order valence-corrected chi connectivity index (χ4v) is 3.65. The van der Waals surface area contributed by atoms with Crippen LogP contribution in [0.25, 0.3) is 0 Å². The van der Waals surface area contributed by atoms with Crippen LogP contribution in [0.15, 0.2) is 18.2 Å². The van der Waals surface area contributed by atoms with Gasteiger partial charge in [-0.3, -0.25) is 9.59 Å². The lowest BCUT2D eigenvalue weighted by atomic mass is 10.1. The van der Waals surface area contributed by atoms with E-state index in [9.17, 15) is 18.0 Å². The topological polar surface area (TPSA) is 119 Å². The number of hydrogen-bond donors (Lipinski definition) is 2. The molecule has 0 aliphatic carbocycles. The van der Waals surface area contributed by atoms with Gasteiger partial charge in [-0.25, -0.2) is 12.7 Å². The van der Waals surface area contributed by atoms with Crippen molar-refractivity contribution in [3.05, 3.63) is 28.8 Å². The van der Waals surface area contributed by atoms with Gasteiger partial charge in [0.1, 0.15) is 17.9 Å². The average Bonchev–Trinajstić information content (AvgIpc) is 2.56. The summed E-state index contributed by atoms with van der Waals surface area (Å²) in [5.41, 5.74) is 5.40. The Balaban J connectivity index is 1.98. The monoisotopic (exact) mass is 403 g/mol. The van der Waals surface area contributed by atoms with Crippen LogP contribution in [0.3, 0.4) is 0 Å². The van der Waals surface area contributed by atoms with Crippen LogP contribution in [-0.4, -0.2) is 56.0 Å². The number of primary amides is 1. The van der Waals surface area contributed by atoms with E-state index in [0.717, 1.165) is 0 Å². The summed E-state index contributed by atoms with van der Waals surface area (Å²) in [6, 6.07) is 3.77. The van der Waals surface area contributed by atoms with Gasteiger partial charge >= 0.3 is 0 Å². The van der Waals surface area contributed by atoms with Crippen LogP contribution < -0.4 is 15.8 Å². The SMILES string of the molecule is C[C@H](NC(=O)c1ccc(OC2CCN(S(C)(=O)=O)CC2)c(Cl)c1)C(N)=O. The zero-order valence-corrected chi connectivity index (χ0v) is 16.1. The molecular weight excluding hydrogens is 382 g/mol. The second-order valence-corrected chi connectivity index (χ2v) is 8.61. The molecule has 3 N–H and O–H groups in total. The van der Waals surface area contributed by atoms with Crippen molar-refractivity contribution >= 4 is 33.4 Å². The predicted molar refractivity (Wildman–Crippen MR) is 97.6 cm³/mol. The number of piperidine rings is 1. The lowest BCUT2D eigenvalue weighted by Crippen LogP contribution is -2.42. The van der Waals surface area contributed by atoms with Crippen molar-refractivity contribution in [3.63, 3.8) is 0 Å². The highest BCUT2D eigenvalue weighted by Gasteiger charge is 2.26. The van der Waals surface area contributed by atoms with Crippen LogP contribution in [-0.2, 0) is 14.8 Å². The van der Waals surface area contributed by atoms with Crippen molar-refractivity contribution in [2.45, 2.75) is 31.9 Å². The fourth-order valence-electron chi connectivity index (χ4n) is 2.55. The Kier molecular flexibility index (Phi) is 6.48. The van der Waals surface area contributed by atoms with Gasteiger partial charge < -0.3 is 15.8 Å². The first-order valence-electron chi connectivity index (χ1n) is 8.09. The molecule has 1 aromatic carbocycles. The molecule has 0 bridgehead atoms. The highest BCUT2D eigenvalue weighted by Crippen LogP contribution is 2.28. The Hall–Kier alpha value is -1.84. The predicted octanol–water partition coefficient (Wildman–Crippen LogP) is 0.746. The molecule has 0 radical (unpaired) electrons. The van der Waals surface area contributed by atoms with Gasteiger partial charge in [-0.1, -0.05) is 11.6 Å². The molecule has 0 aromatic heterocycles. The lowest BCUT2D eigenvalue weighted by Gasteiger charge is -2.30.